The molecule has 1 aliphatic carbocycles. The molecule has 39 heavy (non-hydrogen) atoms. The molecular weight excluding hydrogens is 488 g/mol. The van der Waals surface area contributed by atoms with Crippen LogP contribution in [0.3, 0.4) is 0 Å². The van der Waals surface area contributed by atoms with Crippen molar-refractivity contribution >= 4 is 5.97 Å². The number of unbranched alkanes of at least 4 members (excludes halogenated alkanes) is 3. The van der Waals surface area contributed by atoms with E-state index in [0.29, 0.717) is 37.5 Å². The number of carboxylic acids is 1. The molecule has 2 N–H and O–H groups in total. The molecule has 5 nitrogen and oxygen atoms in total. The van der Waals surface area contributed by atoms with E-state index in [9.17, 15) is 20.1 Å². The molecule has 0 amide bonds. The van der Waals surface area contributed by atoms with Gasteiger partial charge in [0.05, 0.1) is 17.8 Å². The lowest BCUT2D eigenvalue weighted by Crippen LogP contribution is -2.39. The Bertz CT molecular complexity index is 740. The largest absolute Gasteiger partial charge is 0.550 e. The average Bonchev–Trinajstić information content (AvgIpc) is 2.86. The fourth-order valence-corrected chi connectivity index (χ4v) is 5.66. The smallest absolute Gasteiger partial charge is 0.0815 e. The van der Waals surface area contributed by atoms with Gasteiger partial charge in [-0.15, -0.1) is 0 Å². The van der Waals surface area contributed by atoms with E-state index in [4.69, 9.17) is 4.74 Å². The number of carbonyl (C=O) groups excluding carboxylic acids is 1. The zero-order valence-corrected chi connectivity index (χ0v) is 26.3. The fourth-order valence-electron chi connectivity index (χ4n) is 5.66. The van der Waals surface area contributed by atoms with Gasteiger partial charge in [0.15, 0.2) is 0 Å². The maximum absolute atomic E-state index is 10.8. The highest BCUT2D eigenvalue weighted by molar-refractivity contribution is 5.66. The van der Waals surface area contributed by atoms with E-state index >= 15 is 0 Å². The van der Waals surface area contributed by atoms with Crippen molar-refractivity contribution in [3.63, 3.8) is 0 Å². The Balaban J connectivity index is 2.39. The minimum Gasteiger partial charge on any atom is -0.550 e. The van der Waals surface area contributed by atoms with Gasteiger partial charge >= 0.3 is 0 Å². The van der Waals surface area contributed by atoms with Crippen LogP contribution in [0.15, 0.2) is 23.3 Å². The highest BCUT2D eigenvalue weighted by Crippen LogP contribution is 2.35. The van der Waals surface area contributed by atoms with Crippen LogP contribution >= 0.6 is 0 Å². The lowest BCUT2D eigenvalue weighted by Gasteiger charge is -2.38. The molecule has 0 aromatic rings. The molecule has 0 aliphatic heterocycles. The molecule has 0 aromatic carbocycles. The molecule has 0 aromatic heterocycles. The number of aliphatic hydroxyl groups excluding tert-OH is 1. The van der Waals surface area contributed by atoms with Gasteiger partial charge in [0, 0.05) is 12.6 Å². The molecule has 1 aliphatic rings. The molecule has 0 heterocycles. The van der Waals surface area contributed by atoms with Crippen molar-refractivity contribution in [2.24, 2.45) is 23.7 Å². The minimum absolute atomic E-state index is 0.136. The normalized spacial score (nSPS) is 25.2. The quantitative estimate of drug-likeness (QED) is 0.117. The van der Waals surface area contributed by atoms with Crippen molar-refractivity contribution < 1.29 is 24.9 Å². The van der Waals surface area contributed by atoms with Crippen LogP contribution in [-0.2, 0) is 9.53 Å². The standard InChI is InChI=1S/C34H62O5/c1-8-9-10-11-23-39-32-29(6)28(5)31(35)24-30(32)20-19-26(3)16-12-15-25(2)17-13-21-34(7,38)22-14-18-27(4)33(36)37/h17,24,26-29,31-32,35,38H,8-16,18-23H2,1-7H3,(H,36,37)/p-1/b25-17+. The summed E-state index contributed by atoms with van der Waals surface area (Å²) < 4.78 is 6.39. The number of allylic oxidation sites excluding steroid dienone is 2. The molecule has 0 fully saturated rings. The Morgan fingerprint density at radius 3 is 2.46 bits per heavy atom. The topological polar surface area (TPSA) is 89.8 Å². The van der Waals surface area contributed by atoms with Crippen LogP contribution in [0.5, 0.6) is 0 Å². The van der Waals surface area contributed by atoms with Gasteiger partial charge in [-0.25, -0.2) is 0 Å². The van der Waals surface area contributed by atoms with E-state index in [-0.39, 0.29) is 18.1 Å². The number of hydrogen-bond donors (Lipinski definition) is 2. The van der Waals surface area contributed by atoms with Gasteiger partial charge in [0.2, 0.25) is 0 Å². The number of ether oxygens (including phenoxy) is 1. The highest BCUT2D eigenvalue weighted by Gasteiger charge is 2.34. The zero-order valence-electron chi connectivity index (χ0n) is 26.3. The third-order valence-corrected chi connectivity index (χ3v) is 9.02. The second-order valence-electron chi connectivity index (χ2n) is 13.0. The van der Waals surface area contributed by atoms with Gasteiger partial charge in [0.25, 0.3) is 0 Å². The fraction of sp³-hybridized carbons (Fsp3) is 0.853. The van der Waals surface area contributed by atoms with Crippen LogP contribution < -0.4 is 5.11 Å². The monoisotopic (exact) mass is 549 g/mol. The number of carbonyl (C=O) groups is 1. The van der Waals surface area contributed by atoms with Crippen molar-refractivity contribution in [2.45, 2.75) is 156 Å². The summed E-state index contributed by atoms with van der Waals surface area (Å²) in [7, 11) is 0. The summed E-state index contributed by atoms with van der Waals surface area (Å²) in [4.78, 5) is 10.8. The Kier molecular flexibility index (Phi) is 17.5. The Labute approximate surface area is 240 Å². The number of aliphatic hydroxyl groups is 2. The summed E-state index contributed by atoms with van der Waals surface area (Å²) in [6, 6.07) is 0. The van der Waals surface area contributed by atoms with Crippen LogP contribution in [0.2, 0.25) is 0 Å². The number of hydrogen-bond acceptors (Lipinski definition) is 5. The van der Waals surface area contributed by atoms with Crippen molar-refractivity contribution in [3.8, 4) is 0 Å². The van der Waals surface area contributed by atoms with Gasteiger partial charge < -0.3 is 24.9 Å². The third-order valence-electron chi connectivity index (χ3n) is 9.02. The van der Waals surface area contributed by atoms with E-state index < -0.39 is 17.5 Å². The van der Waals surface area contributed by atoms with E-state index in [0.717, 1.165) is 45.1 Å². The summed E-state index contributed by atoms with van der Waals surface area (Å²) in [5.74, 6) is -0.286. The molecule has 228 valence electrons. The molecule has 0 spiro atoms. The average molecular weight is 550 g/mol. The Morgan fingerprint density at radius 1 is 1.08 bits per heavy atom. The number of rotatable bonds is 21. The molecule has 0 radical (unpaired) electrons. The SMILES string of the molecule is CCCCCCOC1C(CCC(C)CCC/C(C)=C/CCC(C)(O)CCCC(C)C(=O)[O-])=CC(O)C(C)C1C. The molecular formula is C34H61O5-. The summed E-state index contributed by atoms with van der Waals surface area (Å²) in [6.45, 7) is 15.4. The summed E-state index contributed by atoms with van der Waals surface area (Å²) in [5, 5.41) is 32.0. The summed E-state index contributed by atoms with van der Waals surface area (Å²) in [6.07, 6.45) is 17.9. The van der Waals surface area contributed by atoms with Crippen molar-refractivity contribution in [1.82, 2.24) is 0 Å². The van der Waals surface area contributed by atoms with Gasteiger partial charge in [0.1, 0.15) is 0 Å². The van der Waals surface area contributed by atoms with Gasteiger partial charge in [-0.2, -0.15) is 0 Å². The number of aliphatic carboxylic acids is 1. The Hall–Kier alpha value is -1.17. The molecule has 5 heteroatoms. The van der Waals surface area contributed by atoms with E-state index in [1.807, 2.05) is 6.92 Å². The van der Waals surface area contributed by atoms with Crippen molar-refractivity contribution in [1.29, 1.82) is 0 Å². The minimum atomic E-state index is -1.01. The van der Waals surface area contributed by atoms with E-state index in [1.165, 1.54) is 36.8 Å². The van der Waals surface area contributed by atoms with Crippen LogP contribution in [0, 0.1) is 23.7 Å². The molecule has 1 rings (SSSR count). The molecule has 0 saturated carbocycles. The second-order valence-corrected chi connectivity index (χ2v) is 13.0. The predicted molar refractivity (Wildman–Crippen MR) is 160 cm³/mol. The maximum atomic E-state index is 10.8. The first kappa shape index (κ1) is 35.9. The lowest BCUT2D eigenvalue weighted by molar-refractivity contribution is -0.311. The second kappa shape index (κ2) is 19.0. The van der Waals surface area contributed by atoms with Crippen LogP contribution in [0.4, 0.5) is 0 Å². The molecule has 0 saturated heterocycles. The first-order valence-corrected chi connectivity index (χ1v) is 16.0. The molecule has 7 atom stereocenters. The van der Waals surface area contributed by atoms with E-state index in [2.05, 4.69) is 46.8 Å². The Morgan fingerprint density at radius 2 is 1.79 bits per heavy atom. The highest BCUT2D eigenvalue weighted by atomic mass is 16.5. The third kappa shape index (κ3) is 14.9. The first-order valence-electron chi connectivity index (χ1n) is 16.0. The summed E-state index contributed by atoms with van der Waals surface area (Å²) in [5.41, 5.74) is 1.92. The van der Waals surface area contributed by atoms with Gasteiger partial charge in [-0.05, 0) is 107 Å². The molecule has 7 unspecified atom stereocenters. The predicted octanol–water partition coefficient (Wildman–Crippen LogP) is 7.15. The maximum Gasteiger partial charge on any atom is 0.0815 e. The van der Waals surface area contributed by atoms with E-state index in [1.54, 1.807) is 6.92 Å². The van der Waals surface area contributed by atoms with Crippen LogP contribution in [0.25, 0.3) is 0 Å². The molecule has 0 bridgehead atoms. The number of carboxylic acid groups (broad SMARTS) is 1. The van der Waals surface area contributed by atoms with Gasteiger partial charge in [-0.1, -0.05) is 78.0 Å². The van der Waals surface area contributed by atoms with Crippen LogP contribution in [-0.4, -0.2) is 40.6 Å². The summed E-state index contributed by atoms with van der Waals surface area (Å²) >= 11 is 0. The van der Waals surface area contributed by atoms with Crippen molar-refractivity contribution in [3.05, 3.63) is 23.3 Å². The lowest BCUT2D eigenvalue weighted by atomic mass is 9.76. The first-order chi connectivity index (χ1) is 18.4. The van der Waals surface area contributed by atoms with Gasteiger partial charge in [-0.3, -0.25) is 0 Å². The zero-order chi connectivity index (χ0) is 29.4. The van der Waals surface area contributed by atoms with Crippen LogP contribution in [0.1, 0.15) is 138 Å². The van der Waals surface area contributed by atoms with Crippen molar-refractivity contribution in [2.75, 3.05) is 6.61 Å².